The van der Waals surface area contributed by atoms with Gasteiger partial charge in [0.05, 0.1) is 18.4 Å². The van der Waals surface area contributed by atoms with Crippen molar-refractivity contribution < 1.29 is 18.4 Å². The number of hydrogen-bond acceptors (Lipinski definition) is 5. The van der Waals surface area contributed by atoms with E-state index in [4.69, 9.17) is 13.6 Å². The van der Waals surface area contributed by atoms with Gasteiger partial charge in [-0.2, -0.15) is 0 Å². The van der Waals surface area contributed by atoms with Gasteiger partial charge in [0.1, 0.15) is 12.4 Å². The number of aromatic nitrogens is 1. The molecule has 0 fully saturated rings. The number of rotatable bonds is 9. The first-order chi connectivity index (χ1) is 14.7. The number of fused-ring (bicyclic) bond motifs is 1. The Morgan fingerprint density at radius 3 is 2.73 bits per heavy atom. The highest BCUT2D eigenvalue weighted by Gasteiger charge is 2.10. The molecular weight excluding hydrogens is 384 g/mol. The molecule has 4 aromatic rings. The maximum Gasteiger partial charge on any atom is 0.419 e. The number of para-hydroxylation sites is 2. The Hall–Kier alpha value is -3.58. The van der Waals surface area contributed by atoms with Gasteiger partial charge in [0.15, 0.2) is 5.58 Å². The number of oxazole rings is 1. The average molecular weight is 406 g/mol. The summed E-state index contributed by atoms with van der Waals surface area (Å²) in [5.74, 6) is 0.195. The third-order valence-electron chi connectivity index (χ3n) is 4.71. The highest BCUT2D eigenvalue weighted by atomic mass is 16.5. The summed E-state index contributed by atoms with van der Waals surface area (Å²) in [7, 11) is 0. The third kappa shape index (κ3) is 4.87. The van der Waals surface area contributed by atoms with E-state index >= 15 is 0 Å². The van der Waals surface area contributed by atoms with Gasteiger partial charge in [-0.15, -0.1) is 0 Å². The summed E-state index contributed by atoms with van der Waals surface area (Å²) in [6.45, 7) is 1.54. The van der Waals surface area contributed by atoms with Crippen LogP contribution in [-0.2, 0) is 35.8 Å². The number of hydrogen-bond donors (Lipinski definition) is 1. The fourth-order valence-corrected chi connectivity index (χ4v) is 3.22. The molecule has 0 spiro atoms. The number of carbonyl (C=O) groups excluding carboxylic acids is 1. The standard InChI is InChI=1S/C23H22N2O5/c26-22(10-11-25-20-8-1-2-9-21(20)30-23(25)27)24-14-17-5-3-6-18(13-17)15-28-16-19-7-4-12-29-19/h1-9,12-13H,10-11,14-16H2,(H,24,26). The van der Waals surface area contributed by atoms with E-state index in [2.05, 4.69) is 5.32 Å². The minimum Gasteiger partial charge on any atom is -0.467 e. The first kappa shape index (κ1) is 19.7. The second kappa shape index (κ2) is 9.28. The van der Waals surface area contributed by atoms with E-state index in [1.54, 1.807) is 24.5 Å². The monoisotopic (exact) mass is 406 g/mol. The number of carbonyl (C=O) groups is 1. The minimum absolute atomic E-state index is 0.133. The summed E-state index contributed by atoms with van der Waals surface area (Å²) in [6.07, 6.45) is 1.81. The largest absolute Gasteiger partial charge is 0.467 e. The van der Waals surface area contributed by atoms with E-state index in [1.807, 2.05) is 42.5 Å². The van der Waals surface area contributed by atoms with Gasteiger partial charge < -0.3 is 18.9 Å². The molecule has 0 unspecified atom stereocenters. The second-order valence-electron chi connectivity index (χ2n) is 6.91. The molecule has 2 heterocycles. The maximum atomic E-state index is 12.3. The molecule has 30 heavy (non-hydrogen) atoms. The summed E-state index contributed by atoms with van der Waals surface area (Å²) in [6, 6.07) is 18.7. The van der Waals surface area contributed by atoms with Crippen molar-refractivity contribution in [2.45, 2.75) is 32.7 Å². The molecule has 0 aliphatic heterocycles. The first-order valence-electron chi connectivity index (χ1n) is 9.72. The van der Waals surface area contributed by atoms with Crippen molar-refractivity contribution in [3.63, 3.8) is 0 Å². The predicted molar refractivity (Wildman–Crippen MR) is 111 cm³/mol. The topological polar surface area (TPSA) is 86.6 Å². The summed E-state index contributed by atoms with van der Waals surface area (Å²) >= 11 is 0. The predicted octanol–water partition coefficient (Wildman–Crippen LogP) is 3.61. The van der Waals surface area contributed by atoms with Crippen molar-refractivity contribution >= 4 is 17.0 Å². The normalized spacial score (nSPS) is 11.1. The smallest absolute Gasteiger partial charge is 0.419 e. The molecule has 0 atom stereocenters. The van der Waals surface area contributed by atoms with E-state index in [-0.39, 0.29) is 18.9 Å². The van der Waals surface area contributed by atoms with Crippen LogP contribution in [0.3, 0.4) is 0 Å². The molecule has 7 heteroatoms. The summed E-state index contributed by atoms with van der Waals surface area (Å²) < 4.78 is 17.6. The van der Waals surface area contributed by atoms with Gasteiger partial charge in [-0.05, 0) is 35.4 Å². The summed E-state index contributed by atoms with van der Waals surface area (Å²) in [4.78, 5) is 24.2. The molecule has 0 bridgehead atoms. The highest BCUT2D eigenvalue weighted by molar-refractivity contribution is 5.76. The van der Waals surface area contributed by atoms with Crippen molar-refractivity contribution in [1.29, 1.82) is 0 Å². The quantitative estimate of drug-likeness (QED) is 0.459. The SMILES string of the molecule is O=C(CCn1c(=O)oc2ccccc21)NCc1cccc(COCc2ccco2)c1. The molecule has 4 rings (SSSR count). The maximum absolute atomic E-state index is 12.3. The molecule has 0 saturated carbocycles. The van der Waals surface area contributed by atoms with Gasteiger partial charge in [-0.1, -0.05) is 36.4 Å². The van der Waals surface area contributed by atoms with E-state index in [1.165, 1.54) is 4.57 Å². The van der Waals surface area contributed by atoms with E-state index < -0.39 is 5.76 Å². The van der Waals surface area contributed by atoms with Crippen LogP contribution in [0, 0.1) is 0 Å². The number of nitrogens with zero attached hydrogens (tertiary/aromatic N) is 1. The Morgan fingerprint density at radius 1 is 1.00 bits per heavy atom. The molecule has 154 valence electrons. The molecule has 0 saturated heterocycles. The number of nitrogens with one attached hydrogen (secondary N) is 1. The van der Waals surface area contributed by atoms with Crippen LogP contribution >= 0.6 is 0 Å². The lowest BCUT2D eigenvalue weighted by Gasteiger charge is -2.08. The zero-order valence-electron chi connectivity index (χ0n) is 16.4. The van der Waals surface area contributed by atoms with Crippen LogP contribution in [-0.4, -0.2) is 10.5 Å². The fraction of sp³-hybridized carbons (Fsp3) is 0.217. The van der Waals surface area contributed by atoms with Crippen LogP contribution in [0.5, 0.6) is 0 Å². The van der Waals surface area contributed by atoms with Crippen LogP contribution in [0.4, 0.5) is 0 Å². The molecule has 0 radical (unpaired) electrons. The summed E-state index contributed by atoms with van der Waals surface area (Å²) in [5.41, 5.74) is 3.21. The van der Waals surface area contributed by atoms with Crippen LogP contribution in [0.15, 0.2) is 80.6 Å². The van der Waals surface area contributed by atoms with E-state index in [0.717, 1.165) is 16.9 Å². The lowest BCUT2D eigenvalue weighted by atomic mass is 10.1. The molecule has 7 nitrogen and oxygen atoms in total. The van der Waals surface area contributed by atoms with Gasteiger partial charge in [0, 0.05) is 19.5 Å². The molecular formula is C23H22N2O5. The van der Waals surface area contributed by atoms with E-state index in [9.17, 15) is 9.59 Å². The summed E-state index contributed by atoms with van der Waals surface area (Å²) in [5, 5.41) is 2.89. The van der Waals surface area contributed by atoms with Crippen LogP contribution in [0.1, 0.15) is 23.3 Å². The average Bonchev–Trinajstić information content (AvgIpc) is 3.38. The minimum atomic E-state index is -0.453. The van der Waals surface area contributed by atoms with Gasteiger partial charge in [0.25, 0.3) is 0 Å². The van der Waals surface area contributed by atoms with Crippen LogP contribution in [0.2, 0.25) is 0 Å². The lowest BCUT2D eigenvalue weighted by molar-refractivity contribution is -0.121. The van der Waals surface area contributed by atoms with Crippen molar-refractivity contribution in [1.82, 2.24) is 9.88 Å². The third-order valence-corrected chi connectivity index (χ3v) is 4.71. The van der Waals surface area contributed by atoms with Crippen molar-refractivity contribution in [3.8, 4) is 0 Å². The molecule has 2 aromatic heterocycles. The lowest BCUT2D eigenvalue weighted by Crippen LogP contribution is -2.25. The number of amides is 1. The Bertz CT molecular complexity index is 1170. The van der Waals surface area contributed by atoms with Gasteiger partial charge >= 0.3 is 5.76 Å². The molecule has 1 amide bonds. The number of furan rings is 1. The zero-order chi connectivity index (χ0) is 20.8. The van der Waals surface area contributed by atoms with Gasteiger partial charge in [-0.3, -0.25) is 9.36 Å². The number of aryl methyl sites for hydroxylation is 1. The van der Waals surface area contributed by atoms with Gasteiger partial charge in [0.2, 0.25) is 5.91 Å². The molecule has 1 N–H and O–H groups in total. The number of benzene rings is 2. The van der Waals surface area contributed by atoms with Gasteiger partial charge in [-0.25, -0.2) is 4.79 Å². The Morgan fingerprint density at radius 2 is 1.87 bits per heavy atom. The molecule has 2 aromatic carbocycles. The van der Waals surface area contributed by atoms with Crippen LogP contribution in [0.25, 0.3) is 11.1 Å². The molecule has 0 aliphatic rings. The van der Waals surface area contributed by atoms with Crippen molar-refractivity contribution in [2.75, 3.05) is 0 Å². The number of ether oxygens (including phenoxy) is 1. The Labute approximate surface area is 172 Å². The van der Waals surface area contributed by atoms with Crippen molar-refractivity contribution in [3.05, 3.63) is 94.4 Å². The molecule has 0 aliphatic carbocycles. The van der Waals surface area contributed by atoms with E-state index in [0.29, 0.717) is 30.9 Å². The van der Waals surface area contributed by atoms with Crippen molar-refractivity contribution in [2.24, 2.45) is 0 Å². The zero-order valence-corrected chi connectivity index (χ0v) is 16.4. The Balaban J connectivity index is 1.26. The second-order valence-corrected chi connectivity index (χ2v) is 6.91. The Kier molecular flexibility index (Phi) is 6.10. The first-order valence-corrected chi connectivity index (χ1v) is 9.72. The van der Waals surface area contributed by atoms with Crippen LogP contribution < -0.4 is 11.1 Å². The fourth-order valence-electron chi connectivity index (χ4n) is 3.22. The highest BCUT2D eigenvalue weighted by Crippen LogP contribution is 2.12.